The van der Waals surface area contributed by atoms with Gasteiger partial charge in [0.2, 0.25) is 0 Å². The van der Waals surface area contributed by atoms with Crippen LogP contribution in [0.5, 0.6) is 5.75 Å². The van der Waals surface area contributed by atoms with Crippen molar-refractivity contribution in [1.82, 2.24) is 9.38 Å². The van der Waals surface area contributed by atoms with E-state index in [1.165, 1.54) is 5.56 Å². The molecule has 1 aromatic carbocycles. The Kier molecular flexibility index (Phi) is 4.17. The van der Waals surface area contributed by atoms with Crippen molar-refractivity contribution in [1.29, 1.82) is 0 Å². The molecule has 0 saturated heterocycles. The number of hydrogen-bond acceptors (Lipinski definition) is 3. The van der Waals surface area contributed by atoms with Crippen LogP contribution in [0.25, 0.3) is 5.65 Å². The van der Waals surface area contributed by atoms with Crippen molar-refractivity contribution in [2.24, 2.45) is 5.73 Å². The van der Waals surface area contributed by atoms with Gasteiger partial charge >= 0.3 is 0 Å². The Bertz CT molecular complexity index is 706. The normalized spacial score (nSPS) is 10.9. The van der Waals surface area contributed by atoms with Gasteiger partial charge in [0.25, 0.3) is 0 Å². The fourth-order valence-electron chi connectivity index (χ4n) is 2.40. The lowest BCUT2D eigenvalue weighted by Crippen LogP contribution is -2.03. The molecule has 3 aromatic rings. The molecule has 3 rings (SSSR count). The Morgan fingerprint density at radius 3 is 2.76 bits per heavy atom. The lowest BCUT2D eigenvalue weighted by atomic mass is 10.1. The van der Waals surface area contributed by atoms with Gasteiger partial charge in [0.05, 0.1) is 18.5 Å². The monoisotopic (exact) mass is 281 g/mol. The quantitative estimate of drug-likeness (QED) is 0.707. The van der Waals surface area contributed by atoms with Gasteiger partial charge in [-0.3, -0.25) is 4.40 Å². The van der Waals surface area contributed by atoms with Gasteiger partial charge in [0, 0.05) is 12.7 Å². The molecular weight excluding hydrogens is 262 g/mol. The Hall–Kier alpha value is -2.33. The van der Waals surface area contributed by atoms with Crippen LogP contribution >= 0.6 is 0 Å². The average molecular weight is 281 g/mol. The number of fused-ring (bicyclic) bond motifs is 1. The fraction of sp³-hybridized carbons (Fsp3) is 0.235. The van der Waals surface area contributed by atoms with Gasteiger partial charge in [-0.1, -0.05) is 30.3 Å². The topological polar surface area (TPSA) is 52.5 Å². The summed E-state index contributed by atoms with van der Waals surface area (Å²) in [7, 11) is 0. The van der Waals surface area contributed by atoms with E-state index in [-0.39, 0.29) is 0 Å². The molecule has 0 aliphatic carbocycles. The van der Waals surface area contributed by atoms with Crippen LogP contribution in [-0.4, -0.2) is 16.0 Å². The maximum Gasteiger partial charge on any atom is 0.179 e. The molecule has 21 heavy (non-hydrogen) atoms. The molecule has 2 N–H and O–H groups in total. The van der Waals surface area contributed by atoms with Crippen molar-refractivity contribution in [2.45, 2.75) is 19.4 Å². The van der Waals surface area contributed by atoms with Gasteiger partial charge in [-0.05, 0) is 30.5 Å². The number of ether oxygens (including phenoxy) is 1. The molecular formula is C17H19N3O. The van der Waals surface area contributed by atoms with Crippen LogP contribution in [0.15, 0.2) is 54.9 Å². The Balaban J connectivity index is 1.62. The van der Waals surface area contributed by atoms with E-state index >= 15 is 0 Å². The van der Waals surface area contributed by atoms with Gasteiger partial charge in [0.1, 0.15) is 0 Å². The third kappa shape index (κ3) is 3.06. The number of hydrogen-bond donors (Lipinski definition) is 1. The number of aromatic nitrogens is 2. The molecule has 0 unspecified atom stereocenters. The molecule has 0 bridgehead atoms. The van der Waals surface area contributed by atoms with Crippen LogP contribution < -0.4 is 10.5 Å². The van der Waals surface area contributed by atoms with Gasteiger partial charge < -0.3 is 10.5 Å². The van der Waals surface area contributed by atoms with E-state index in [0.717, 1.165) is 29.9 Å². The van der Waals surface area contributed by atoms with Crippen LogP contribution in [0.3, 0.4) is 0 Å². The van der Waals surface area contributed by atoms with E-state index in [9.17, 15) is 0 Å². The van der Waals surface area contributed by atoms with Crippen LogP contribution in [0.1, 0.15) is 17.7 Å². The zero-order valence-corrected chi connectivity index (χ0v) is 11.9. The van der Waals surface area contributed by atoms with Crippen molar-refractivity contribution >= 4 is 5.65 Å². The first-order valence-corrected chi connectivity index (χ1v) is 7.20. The highest BCUT2D eigenvalue weighted by atomic mass is 16.5. The Morgan fingerprint density at radius 2 is 1.95 bits per heavy atom. The largest absolute Gasteiger partial charge is 0.490 e. The minimum absolute atomic E-state index is 0.471. The SMILES string of the molecule is NCc1cnc2c(OCCCc3ccccc3)cccn12. The predicted octanol–water partition coefficient (Wildman–Crippen LogP) is 2.80. The van der Waals surface area contributed by atoms with E-state index in [1.54, 1.807) is 6.20 Å². The number of pyridine rings is 1. The summed E-state index contributed by atoms with van der Waals surface area (Å²) in [5.74, 6) is 0.810. The second-order valence-electron chi connectivity index (χ2n) is 4.96. The summed E-state index contributed by atoms with van der Waals surface area (Å²) in [4.78, 5) is 4.38. The summed E-state index contributed by atoms with van der Waals surface area (Å²) in [5, 5.41) is 0. The number of aryl methyl sites for hydroxylation is 1. The third-order valence-electron chi connectivity index (χ3n) is 3.50. The number of rotatable bonds is 6. The lowest BCUT2D eigenvalue weighted by Gasteiger charge is -2.08. The number of nitrogens with two attached hydrogens (primary N) is 1. The summed E-state index contributed by atoms with van der Waals surface area (Å²) in [6.45, 7) is 1.15. The maximum atomic E-state index is 5.87. The summed E-state index contributed by atoms with van der Waals surface area (Å²) < 4.78 is 7.85. The Labute approximate surface area is 124 Å². The van der Waals surface area contributed by atoms with Crippen molar-refractivity contribution < 1.29 is 4.74 Å². The van der Waals surface area contributed by atoms with Crippen molar-refractivity contribution in [3.8, 4) is 5.75 Å². The van der Waals surface area contributed by atoms with Gasteiger partial charge in [-0.25, -0.2) is 4.98 Å². The third-order valence-corrected chi connectivity index (χ3v) is 3.50. The minimum Gasteiger partial charge on any atom is -0.490 e. The van der Waals surface area contributed by atoms with Crippen LogP contribution in [0.4, 0.5) is 0 Å². The number of nitrogens with zero attached hydrogens (tertiary/aromatic N) is 2. The molecule has 108 valence electrons. The zero-order chi connectivity index (χ0) is 14.5. The number of benzene rings is 1. The summed E-state index contributed by atoms with van der Waals surface area (Å²) in [6, 6.07) is 14.4. The second kappa shape index (κ2) is 6.41. The highest BCUT2D eigenvalue weighted by Crippen LogP contribution is 2.19. The molecule has 0 radical (unpaired) electrons. The minimum atomic E-state index is 0.471. The summed E-state index contributed by atoms with van der Waals surface area (Å²) in [6.07, 6.45) is 5.76. The maximum absolute atomic E-state index is 5.87. The van der Waals surface area contributed by atoms with Gasteiger partial charge in [-0.2, -0.15) is 0 Å². The molecule has 2 aromatic heterocycles. The molecule has 0 aliphatic rings. The van der Waals surface area contributed by atoms with E-state index in [0.29, 0.717) is 13.2 Å². The second-order valence-corrected chi connectivity index (χ2v) is 4.96. The molecule has 0 saturated carbocycles. The van der Waals surface area contributed by atoms with Crippen LogP contribution in [-0.2, 0) is 13.0 Å². The lowest BCUT2D eigenvalue weighted by molar-refractivity contribution is 0.313. The van der Waals surface area contributed by atoms with E-state index in [4.69, 9.17) is 10.5 Å². The predicted molar refractivity (Wildman–Crippen MR) is 83.3 cm³/mol. The molecule has 0 fully saturated rings. The standard InChI is InChI=1S/C17H19N3O/c18-12-15-13-19-17-16(9-4-10-20(15)17)21-11-5-8-14-6-2-1-3-7-14/h1-4,6-7,9-10,13H,5,8,11-12,18H2. The molecule has 4 heteroatoms. The van der Waals surface area contributed by atoms with E-state index in [1.807, 2.05) is 28.8 Å². The van der Waals surface area contributed by atoms with E-state index in [2.05, 4.69) is 29.2 Å². The van der Waals surface area contributed by atoms with Gasteiger partial charge in [-0.15, -0.1) is 0 Å². The summed E-state index contributed by atoms with van der Waals surface area (Å²) >= 11 is 0. The first kappa shape index (κ1) is 13.6. The first-order chi connectivity index (χ1) is 10.4. The van der Waals surface area contributed by atoms with Gasteiger partial charge in [0.15, 0.2) is 11.4 Å². The van der Waals surface area contributed by atoms with Crippen LogP contribution in [0.2, 0.25) is 0 Å². The first-order valence-electron chi connectivity index (χ1n) is 7.20. The molecule has 0 aliphatic heterocycles. The van der Waals surface area contributed by atoms with Crippen molar-refractivity contribution in [2.75, 3.05) is 6.61 Å². The summed E-state index contributed by atoms with van der Waals surface area (Å²) in [5.41, 5.74) is 8.85. The van der Waals surface area contributed by atoms with E-state index < -0.39 is 0 Å². The molecule has 4 nitrogen and oxygen atoms in total. The number of imidazole rings is 1. The molecule has 0 amide bonds. The molecule has 0 spiro atoms. The average Bonchev–Trinajstić information content (AvgIpc) is 2.96. The van der Waals surface area contributed by atoms with Crippen molar-refractivity contribution in [3.05, 3.63) is 66.1 Å². The smallest absolute Gasteiger partial charge is 0.179 e. The van der Waals surface area contributed by atoms with Crippen LogP contribution in [0, 0.1) is 0 Å². The highest BCUT2D eigenvalue weighted by Gasteiger charge is 2.07. The molecule has 0 atom stereocenters. The van der Waals surface area contributed by atoms with Crippen molar-refractivity contribution in [3.63, 3.8) is 0 Å². The zero-order valence-electron chi connectivity index (χ0n) is 11.9. The highest BCUT2D eigenvalue weighted by molar-refractivity contribution is 5.54. The fourth-order valence-corrected chi connectivity index (χ4v) is 2.40. The Morgan fingerprint density at radius 1 is 1.10 bits per heavy atom. The molecule has 2 heterocycles.